The van der Waals surface area contributed by atoms with Crippen LogP contribution in [0.5, 0.6) is 0 Å². The van der Waals surface area contributed by atoms with E-state index in [9.17, 15) is 9.59 Å². The molecule has 1 aromatic heterocycles. The van der Waals surface area contributed by atoms with E-state index in [0.717, 1.165) is 11.1 Å². The van der Waals surface area contributed by atoms with E-state index in [2.05, 4.69) is 20.6 Å². The molecule has 0 aliphatic heterocycles. The van der Waals surface area contributed by atoms with Crippen molar-refractivity contribution in [1.29, 1.82) is 0 Å². The van der Waals surface area contributed by atoms with Gasteiger partial charge in [-0.05, 0) is 16.3 Å². The molecule has 0 saturated heterocycles. The molecule has 0 amide bonds. The lowest BCUT2D eigenvalue weighted by Gasteiger charge is -2.03. The lowest BCUT2D eigenvalue weighted by atomic mass is 10.0. The van der Waals surface area contributed by atoms with Crippen LogP contribution >= 0.6 is 0 Å². The Labute approximate surface area is 126 Å². The second-order valence-corrected chi connectivity index (χ2v) is 4.70. The number of tetrazole rings is 1. The Balaban J connectivity index is 1.73. The molecule has 0 aliphatic carbocycles. The molecular weight excluding hydrogens is 280 g/mol. The van der Waals surface area contributed by atoms with Gasteiger partial charge in [-0.1, -0.05) is 54.6 Å². The van der Waals surface area contributed by atoms with E-state index in [-0.39, 0.29) is 18.0 Å². The monoisotopic (exact) mass is 292 g/mol. The molecule has 6 heteroatoms. The minimum absolute atomic E-state index is 0.0748. The van der Waals surface area contributed by atoms with Gasteiger partial charge in [-0.3, -0.25) is 9.59 Å². The summed E-state index contributed by atoms with van der Waals surface area (Å²) in [5, 5.41) is 12.6. The zero-order valence-electron chi connectivity index (χ0n) is 11.6. The Kier molecular flexibility index (Phi) is 3.82. The molecule has 2 aromatic carbocycles. The molecule has 6 nitrogen and oxygen atoms in total. The number of aromatic amines is 1. The molecule has 22 heavy (non-hydrogen) atoms. The molecule has 0 aliphatic rings. The lowest BCUT2D eigenvalue weighted by Crippen LogP contribution is -2.10. The van der Waals surface area contributed by atoms with Crippen molar-refractivity contribution < 1.29 is 9.59 Å². The predicted molar refractivity (Wildman–Crippen MR) is 79.3 cm³/mol. The quantitative estimate of drug-likeness (QED) is 0.576. The molecule has 3 rings (SSSR count). The maximum Gasteiger partial charge on any atom is 0.240 e. The molecule has 1 heterocycles. The van der Waals surface area contributed by atoms with Gasteiger partial charge in [0.2, 0.25) is 11.6 Å². The maximum absolute atomic E-state index is 12.1. The van der Waals surface area contributed by atoms with E-state index < -0.39 is 5.78 Å². The van der Waals surface area contributed by atoms with Crippen molar-refractivity contribution in [2.75, 3.05) is 0 Å². The number of nitrogens with zero attached hydrogens (tertiary/aromatic N) is 3. The number of carbonyl (C=O) groups is 2. The zero-order valence-corrected chi connectivity index (χ0v) is 11.6. The number of benzene rings is 2. The van der Waals surface area contributed by atoms with Gasteiger partial charge >= 0.3 is 0 Å². The standard InChI is InChI=1S/C16H12N4O2/c21-14(10-15(22)16-17-19-20-18-16)13-8-6-12(7-9-13)11-4-2-1-3-5-11/h1-9H,10H2,(H,17,18,19,20). The highest BCUT2D eigenvalue weighted by Gasteiger charge is 2.17. The first-order valence-electron chi connectivity index (χ1n) is 6.69. The van der Waals surface area contributed by atoms with Crippen molar-refractivity contribution in [2.24, 2.45) is 0 Å². The Morgan fingerprint density at radius 2 is 1.55 bits per heavy atom. The predicted octanol–water partition coefficient (Wildman–Crippen LogP) is 2.32. The summed E-state index contributed by atoms with van der Waals surface area (Å²) in [6.45, 7) is 0. The summed E-state index contributed by atoms with van der Waals surface area (Å²) in [5.74, 6) is -0.797. The van der Waals surface area contributed by atoms with Crippen LogP contribution in [0.3, 0.4) is 0 Å². The van der Waals surface area contributed by atoms with Gasteiger partial charge in [-0.15, -0.1) is 10.2 Å². The smallest absolute Gasteiger partial charge is 0.240 e. The minimum atomic E-state index is -0.453. The Morgan fingerprint density at radius 1 is 0.864 bits per heavy atom. The molecule has 0 radical (unpaired) electrons. The average molecular weight is 292 g/mol. The van der Waals surface area contributed by atoms with Gasteiger partial charge in [0.05, 0.1) is 6.42 Å². The zero-order chi connectivity index (χ0) is 15.4. The third-order valence-electron chi connectivity index (χ3n) is 3.23. The number of ketones is 2. The van der Waals surface area contributed by atoms with Gasteiger partial charge in [0.25, 0.3) is 0 Å². The van der Waals surface area contributed by atoms with E-state index in [0.29, 0.717) is 5.56 Å². The maximum atomic E-state index is 12.1. The second-order valence-electron chi connectivity index (χ2n) is 4.70. The number of hydrogen-bond donors (Lipinski definition) is 1. The van der Waals surface area contributed by atoms with Gasteiger partial charge in [-0.25, -0.2) is 0 Å². The fraction of sp³-hybridized carbons (Fsp3) is 0.0625. The third kappa shape index (κ3) is 2.95. The van der Waals surface area contributed by atoms with Crippen molar-refractivity contribution in [2.45, 2.75) is 6.42 Å². The van der Waals surface area contributed by atoms with E-state index in [4.69, 9.17) is 0 Å². The minimum Gasteiger partial charge on any atom is -0.294 e. The van der Waals surface area contributed by atoms with Crippen molar-refractivity contribution in [3.63, 3.8) is 0 Å². The summed E-state index contributed by atoms with van der Waals surface area (Å²) in [6.07, 6.45) is -0.274. The number of hydrogen-bond acceptors (Lipinski definition) is 5. The van der Waals surface area contributed by atoms with Gasteiger partial charge in [0.15, 0.2) is 5.78 Å². The van der Waals surface area contributed by atoms with Gasteiger partial charge < -0.3 is 0 Å². The normalized spacial score (nSPS) is 10.4. The molecule has 0 atom stereocenters. The van der Waals surface area contributed by atoms with E-state index in [1.807, 2.05) is 42.5 Å². The molecule has 0 fully saturated rings. The van der Waals surface area contributed by atoms with Gasteiger partial charge in [0.1, 0.15) is 0 Å². The van der Waals surface area contributed by atoms with Crippen LogP contribution in [0.1, 0.15) is 27.4 Å². The first kappa shape index (κ1) is 13.8. The molecule has 0 bridgehead atoms. The summed E-state index contributed by atoms with van der Waals surface area (Å²) >= 11 is 0. The molecule has 0 unspecified atom stereocenters. The Bertz CT molecular complexity index is 781. The molecular formula is C16H12N4O2. The van der Waals surface area contributed by atoms with Crippen LogP contribution in [0.4, 0.5) is 0 Å². The largest absolute Gasteiger partial charge is 0.294 e. The summed E-state index contributed by atoms with van der Waals surface area (Å²) in [5.41, 5.74) is 2.57. The highest BCUT2D eigenvalue weighted by Crippen LogP contribution is 2.19. The van der Waals surface area contributed by atoms with Crippen LogP contribution in [0.15, 0.2) is 54.6 Å². The first-order chi connectivity index (χ1) is 10.7. The van der Waals surface area contributed by atoms with Crippen LogP contribution in [-0.2, 0) is 0 Å². The highest BCUT2D eigenvalue weighted by molar-refractivity contribution is 6.12. The number of aromatic nitrogens is 4. The number of carbonyl (C=O) groups excluding carboxylic acids is 2. The van der Waals surface area contributed by atoms with Crippen LogP contribution < -0.4 is 0 Å². The Morgan fingerprint density at radius 3 is 2.18 bits per heavy atom. The number of rotatable bonds is 5. The topological polar surface area (TPSA) is 88.6 Å². The van der Waals surface area contributed by atoms with E-state index in [1.165, 1.54) is 0 Å². The highest BCUT2D eigenvalue weighted by atomic mass is 16.1. The van der Waals surface area contributed by atoms with Crippen molar-refractivity contribution >= 4 is 11.6 Å². The Hall–Kier alpha value is -3.15. The summed E-state index contributed by atoms with van der Waals surface area (Å²) in [6, 6.07) is 17.0. The molecule has 3 aromatic rings. The van der Waals surface area contributed by atoms with E-state index in [1.54, 1.807) is 12.1 Å². The average Bonchev–Trinajstić information content (AvgIpc) is 3.10. The molecule has 0 saturated carbocycles. The van der Waals surface area contributed by atoms with E-state index >= 15 is 0 Å². The second kappa shape index (κ2) is 6.09. The number of nitrogens with one attached hydrogen (secondary N) is 1. The number of Topliss-reactive ketones (excluding diaryl/α,β-unsaturated/α-hetero) is 2. The summed E-state index contributed by atoms with van der Waals surface area (Å²) in [4.78, 5) is 23.9. The molecule has 1 N–H and O–H groups in total. The fourth-order valence-electron chi connectivity index (χ4n) is 2.09. The molecule has 0 spiro atoms. The van der Waals surface area contributed by atoms with Crippen LogP contribution in [0.2, 0.25) is 0 Å². The number of H-pyrrole nitrogens is 1. The van der Waals surface area contributed by atoms with Crippen LogP contribution in [-0.4, -0.2) is 32.2 Å². The summed E-state index contributed by atoms with van der Waals surface area (Å²) < 4.78 is 0. The first-order valence-corrected chi connectivity index (χ1v) is 6.69. The molecule has 108 valence electrons. The van der Waals surface area contributed by atoms with Gasteiger partial charge in [0, 0.05) is 5.56 Å². The fourth-order valence-corrected chi connectivity index (χ4v) is 2.09. The SMILES string of the molecule is O=C(CC(=O)c1nn[nH]n1)c1ccc(-c2ccccc2)cc1. The van der Waals surface area contributed by atoms with Crippen molar-refractivity contribution in [3.05, 3.63) is 66.0 Å². The van der Waals surface area contributed by atoms with Crippen molar-refractivity contribution in [1.82, 2.24) is 20.6 Å². The van der Waals surface area contributed by atoms with Gasteiger partial charge in [-0.2, -0.15) is 5.21 Å². The third-order valence-corrected chi connectivity index (χ3v) is 3.23. The van der Waals surface area contributed by atoms with Crippen molar-refractivity contribution in [3.8, 4) is 11.1 Å². The van der Waals surface area contributed by atoms with Crippen LogP contribution in [0.25, 0.3) is 11.1 Å². The van der Waals surface area contributed by atoms with Crippen LogP contribution in [0, 0.1) is 0 Å². The summed E-state index contributed by atoms with van der Waals surface area (Å²) in [7, 11) is 0. The lowest BCUT2D eigenvalue weighted by molar-refractivity contribution is 0.0888.